The number of amides is 1. The quantitative estimate of drug-likeness (QED) is 0.722. The van der Waals surface area contributed by atoms with Crippen LogP contribution < -0.4 is 5.32 Å². The average Bonchev–Trinajstić information content (AvgIpc) is 1.78. The Bertz CT molecular complexity index is 181. The number of halogens is 3. The first-order valence-corrected chi connectivity index (χ1v) is 3.98. The average molecular weight is 197 g/mol. The molecule has 0 unspecified atom stereocenters. The zero-order valence-corrected chi connectivity index (χ0v) is 7.96. The molecular weight excluding hydrogens is 183 g/mol. The highest BCUT2D eigenvalue weighted by molar-refractivity contribution is 5.76. The highest BCUT2D eigenvalue weighted by Gasteiger charge is 2.28. The minimum absolute atomic E-state index is 0.470. The Hall–Kier alpha value is -0.740. The van der Waals surface area contributed by atoms with Crippen LogP contribution in [0.5, 0.6) is 0 Å². The summed E-state index contributed by atoms with van der Waals surface area (Å²) in [7, 11) is 0. The molecule has 1 amide bonds. The predicted octanol–water partition coefficient (Wildman–Crippen LogP) is 2.24. The second kappa shape index (κ2) is 3.98. The normalized spacial score (nSPS) is 12.8. The first-order chi connectivity index (χ1) is 5.60. The zero-order chi connectivity index (χ0) is 10.7. The van der Waals surface area contributed by atoms with Gasteiger partial charge in [-0.3, -0.25) is 4.79 Å². The van der Waals surface area contributed by atoms with Crippen molar-refractivity contribution in [2.24, 2.45) is 0 Å². The van der Waals surface area contributed by atoms with Crippen molar-refractivity contribution >= 4 is 5.91 Å². The molecule has 0 aliphatic carbocycles. The molecule has 0 atom stereocenters. The van der Waals surface area contributed by atoms with Crippen LogP contribution in [-0.2, 0) is 4.79 Å². The molecule has 0 radical (unpaired) electrons. The Kier molecular flexibility index (Phi) is 3.75. The van der Waals surface area contributed by atoms with E-state index in [1.807, 2.05) is 0 Å². The molecule has 0 aromatic heterocycles. The molecule has 13 heavy (non-hydrogen) atoms. The van der Waals surface area contributed by atoms with Crippen LogP contribution in [0.3, 0.4) is 0 Å². The van der Waals surface area contributed by atoms with Crippen molar-refractivity contribution in [2.45, 2.75) is 45.3 Å². The fraction of sp³-hybridized carbons (Fsp3) is 0.875. The van der Waals surface area contributed by atoms with Crippen molar-refractivity contribution < 1.29 is 18.0 Å². The molecule has 0 bridgehead atoms. The number of hydrogen-bond donors (Lipinski definition) is 1. The van der Waals surface area contributed by atoms with Gasteiger partial charge in [-0.15, -0.1) is 0 Å². The number of rotatable bonds is 2. The Morgan fingerprint density at radius 2 is 1.69 bits per heavy atom. The van der Waals surface area contributed by atoms with Gasteiger partial charge in [-0.25, -0.2) is 0 Å². The van der Waals surface area contributed by atoms with E-state index < -0.39 is 30.5 Å². The van der Waals surface area contributed by atoms with Crippen LogP contribution >= 0.6 is 0 Å². The summed E-state index contributed by atoms with van der Waals surface area (Å²) in [6.07, 6.45) is -5.81. The van der Waals surface area contributed by atoms with E-state index >= 15 is 0 Å². The molecule has 0 spiro atoms. The fourth-order valence-corrected chi connectivity index (χ4v) is 0.736. The van der Waals surface area contributed by atoms with Crippen molar-refractivity contribution in [1.82, 2.24) is 5.32 Å². The molecule has 2 nitrogen and oxygen atoms in total. The largest absolute Gasteiger partial charge is 0.389 e. The van der Waals surface area contributed by atoms with Crippen molar-refractivity contribution in [3.63, 3.8) is 0 Å². The number of carbonyl (C=O) groups excluding carboxylic acids is 1. The Morgan fingerprint density at radius 3 is 2.00 bits per heavy atom. The number of carbonyl (C=O) groups is 1. The third-order valence-corrected chi connectivity index (χ3v) is 1.15. The summed E-state index contributed by atoms with van der Waals surface area (Å²) in [6.45, 7) is 5.16. The fourth-order valence-electron chi connectivity index (χ4n) is 0.736. The molecule has 0 aliphatic heterocycles. The van der Waals surface area contributed by atoms with Gasteiger partial charge >= 0.3 is 6.18 Å². The highest BCUT2D eigenvalue weighted by atomic mass is 19.4. The smallest absolute Gasteiger partial charge is 0.352 e. The lowest BCUT2D eigenvalue weighted by atomic mass is 10.1. The van der Waals surface area contributed by atoms with E-state index in [4.69, 9.17) is 0 Å². The van der Waals surface area contributed by atoms with Gasteiger partial charge in [0.25, 0.3) is 0 Å². The molecule has 0 heterocycles. The summed E-state index contributed by atoms with van der Waals surface area (Å²) < 4.78 is 35.0. The molecule has 0 rings (SSSR count). The maximum Gasteiger partial charge on any atom is 0.389 e. The number of hydrogen-bond acceptors (Lipinski definition) is 1. The van der Waals surface area contributed by atoms with E-state index in [-0.39, 0.29) is 0 Å². The first-order valence-electron chi connectivity index (χ1n) is 3.98. The SMILES string of the molecule is CC(C)(C)NC(=O)CCC(F)(F)F. The zero-order valence-electron chi connectivity index (χ0n) is 7.96. The molecule has 0 aliphatic rings. The summed E-state index contributed by atoms with van der Waals surface area (Å²) >= 11 is 0. The van der Waals surface area contributed by atoms with E-state index in [1.54, 1.807) is 20.8 Å². The summed E-state index contributed by atoms with van der Waals surface area (Å²) in [5.41, 5.74) is -0.470. The second-order valence-corrected chi connectivity index (χ2v) is 3.91. The molecule has 0 aromatic rings. The molecule has 0 saturated carbocycles. The van der Waals surface area contributed by atoms with Crippen LogP contribution in [0, 0.1) is 0 Å². The first kappa shape index (κ1) is 12.3. The van der Waals surface area contributed by atoms with Gasteiger partial charge in [0.2, 0.25) is 5.91 Å². The lowest BCUT2D eigenvalue weighted by molar-refractivity contribution is -0.144. The Labute approximate surface area is 75.5 Å². The standard InChI is InChI=1S/C8H14F3NO/c1-7(2,3)12-6(13)4-5-8(9,10)11/h4-5H2,1-3H3,(H,12,13). The van der Waals surface area contributed by atoms with Crippen LogP contribution in [0.15, 0.2) is 0 Å². The van der Waals surface area contributed by atoms with Crippen molar-refractivity contribution in [2.75, 3.05) is 0 Å². The second-order valence-electron chi connectivity index (χ2n) is 3.91. The van der Waals surface area contributed by atoms with E-state index in [2.05, 4.69) is 5.32 Å². The van der Waals surface area contributed by atoms with E-state index in [1.165, 1.54) is 0 Å². The van der Waals surface area contributed by atoms with Crippen molar-refractivity contribution in [1.29, 1.82) is 0 Å². The van der Waals surface area contributed by atoms with Gasteiger partial charge in [-0.05, 0) is 20.8 Å². The molecule has 0 saturated heterocycles. The molecule has 0 aromatic carbocycles. The summed E-state index contributed by atoms with van der Waals surface area (Å²) in [6, 6.07) is 0. The van der Waals surface area contributed by atoms with E-state index in [9.17, 15) is 18.0 Å². The molecule has 78 valence electrons. The highest BCUT2D eigenvalue weighted by Crippen LogP contribution is 2.21. The lowest BCUT2D eigenvalue weighted by Crippen LogP contribution is -2.40. The van der Waals surface area contributed by atoms with Gasteiger partial charge in [0, 0.05) is 12.0 Å². The summed E-state index contributed by atoms with van der Waals surface area (Å²) in [5.74, 6) is -0.565. The maximum atomic E-state index is 11.7. The van der Waals surface area contributed by atoms with E-state index in [0.29, 0.717) is 0 Å². The minimum atomic E-state index is -4.25. The van der Waals surface area contributed by atoms with Gasteiger partial charge in [0.15, 0.2) is 0 Å². The predicted molar refractivity (Wildman–Crippen MR) is 43.2 cm³/mol. The minimum Gasteiger partial charge on any atom is -0.352 e. The van der Waals surface area contributed by atoms with Gasteiger partial charge < -0.3 is 5.32 Å². The van der Waals surface area contributed by atoms with Crippen molar-refractivity contribution in [3.8, 4) is 0 Å². The van der Waals surface area contributed by atoms with Gasteiger partial charge in [-0.1, -0.05) is 0 Å². The molecule has 1 N–H and O–H groups in total. The number of alkyl halides is 3. The Balaban J connectivity index is 3.78. The van der Waals surface area contributed by atoms with Crippen LogP contribution in [0.4, 0.5) is 13.2 Å². The summed E-state index contributed by atoms with van der Waals surface area (Å²) in [4.78, 5) is 10.9. The van der Waals surface area contributed by atoms with E-state index in [0.717, 1.165) is 0 Å². The summed E-state index contributed by atoms with van der Waals surface area (Å²) in [5, 5.41) is 2.45. The lowest BCUT2D eigenvalue weighted by Gasteiger charge is -2.20. The van der Waals surface area contributed by atoms with Crippen LogP contribution in [0.25, 0.3) is 0 Å². The van der Waals surface area contributed by atoms with Gasteiger partial charge in [-0.2, -0.15) is 13.2 Å². The topological polar surface area (TPSA) is 29.1 Å². The maximum absolute atomic E-state index is 11.7. The van der Waals surface area contributed by atoms with Crippen LogP contribution in [-0.4, -0.2) is 17.6 Å². The van der Waals surface area contributed by atoms with Crippen LogP contribution in [0.1, 0.15) is 33.6 Å². The van der Waals surface area contributed by atoms with Gasteiger partial charge in [0.05, 0.1) is 6.42 Å². The monoisotopic (exact) mass is 197 g/mol. The molecular formula is C8H14F3NO. The molecule has 5 heteroatoms. The number of nitrogens with one attached hydrogen (secondary N) is 1. The third kappa shape index (κ3) is 9.17. The Morgan fingerprint density at radius 1 is 1.23 bits per heavy atom. The van der Waals surface area contributed by atoms with Crippen LogP contribution in [0.2, 0.25) is 0 Å². The van der Waals surface area contributed by atoms with Crippen molar-refractivity contribution in [3.05, 3.63) is 0 Å². The molecule has 0 fully saturated rings. The van der Waals surface area contributed by atoms with Gasteiger partial charge in [0.1, 0.15) is 0 Å². The third-order valence-electron chi connectivity index (χ3n) is 1.15.